The first-order valence-corrected chi connectivity index (χ1v) is 7.05. The van der Waals surface area contributed by atoms with E-state index >= 15 is 0 Å². The van der Waals surface area contributed by atoms with E-state index in [1.54, 1.807) is 0 Å². The van der Waals surface area contributed by atoms with Crippen LogP contribution >= 0.6 is 0 Å². The first kappa shape index (κ1) is 12.5. The van der Waals surface area contributed by atoms with Crippen molar-refractivity contribution in [2.24, 2.45) is 0 Å². The smallest absolute Gasteiger partial charge is 0.201 e. The van der Waals surface area contributed by atoms with Crippen LogP contribution in [0.15, 0.2) is 42.5 Å². The number of fused-ring (bicyclic) bond motifs is 1. The fourth-order valence-electron chi connectivity index (χ4n) is 2.53. The van der Waals surface area contributed by atoms with Crippen LogP contribution in [0.4, 0.5) is 0 Å². The molecule has 0 aliphatic carbocycles. The van der Waals surface area contributed by atoms with Crippen LogP contribution < -0.4 is 0 Å². The van der Waals surface area contributed by atoms with Gasteiger partial charge in [-0.15, -0.1) is 0 Å². The van der Waals surface area contributed by atoms with Gasteiger partial charge < -0.3 is 9.47 Å². The number of rotatable bonds is 2. The maximum Gasteiger partial charge on any atom is 0.201 e. The van der Waals surface area contributed by atoms with Crippen molar-refractivity contribution >= 4 is 10.9 Å². The Bertz CT molecular complexity index is 763. The van der Waals surface area contributed by atoms with Gasteiger partial charge in [0, 0.05) is 5.39 Å². The molecule has 4 rings (SSSR count). The molecule has 3 aromatic rings. The first-order valence-electron chi connectivity index (χ1n) is 7.05. The Balaban J connectivity index is 1.75. The maximum atomic E-state index is 5.61. The van der Waals surface area contributed by atoms with Crippen LogP contribution in [0.1, 0.15) is 18.4 Å². The highest BCUT2D eigenvalue weighted by atomic mass is 16.7. The largest absolute Gasteiger partial charge is 0.347 e. The lowest BCUT2D eigenvalue weighted by atomic mass is 10.1. The van der Waals surface area contributed by atoms with Crippen LogP contribution in [0, 0.1) is 0 Å². The number of aromatic amines is 1. The molecule has 0 atom stereocenters. The molecule has 0 saturated carbocycles. The molecule has 3 heterocycles. The topological polar surface area (TPSA) is 60.0 Å². The molecular formula is C16H15N3O2. The van der Waals surface area contributed by atoms with Gasteiger partial charge in [0.05, 0.1) is 30.1 Å². The van der Waals surface area contributed by atoms with Crippen LogP contribution in [0.5, 0.6) is 0 Å². The summed E-state index contributed by atoms with van der Waals surface area (Å²) in [5.74, 6) is 0. The molecule has 1 aromatic carbocycles. The van der Waals surface area contributed by atoms with Gasteiger partial charge in [0.2, 0.25) is 6.29 Å². The van der Waals surface area contributed by atoms with Crippen LogP contribution in [0.3, 0.4) is 0 Å². The van der Waals surface area contributed by atoms with E-state index in [9.17, 15) is 0 Å². The molecule has 0 unspecified atom stereocenters. The highest BCUT2D eigenvalue weighted by Crippen LogP contribution is 2.27. The fourth-order valence-corrected chi connectivity index (χ4v) is 2.53. The second-order valence-corrected chi connectivity index (χ2v) is 4.99. The van der Waals surface area contributed by atoms with Crippen molar-refractivity contribution in [3.05, 3.63) is 48.2 Å². The Morgan fingerprint density at radius 2 is 1.86 bits per heavy atom. The zero-order valence-electron chi connectivity index (χ0n) is 11.5. The van der Waals surface area contributed by atoms with Crippen molar-refractivity contribution in [3.8, 4) is 11.4 Å². The molecule has 106 valence electrons. The van der Waals surface area contributed by atoms with Crippen LogP contribution in [0.25, 0.3) is 22.3 Å². The Morgan fingerprint density at radius 1 is 1.00 bits per heavy atom. The van der Waals surface area contributed by atoms with E-state index in [0.717, 1.165) is 34.4 Å². The molecular weight excluding hydrogens is 266 g/mol. The molecule has 0 spiro atoms. The Hall–Kier alpha value is -2.24. The number of ether oxygens (including phenoxy) is 2. The van der Waals surface area contributed by atoms with Crippen LogP contribution in [0.2, 0.25) is 0 Å². The third-order valence-corrected chi connectivity index (χ3v) is 3.55. The predicted molar refractivity (Wildman–Crippen MR) is 78.6 cm³/mol. The van der Waals surface area contributed by atoms with E-state index in [1.807, 2.05) is 42.5 Å². The minimum absolute atomic E-state index is 0.371. The summed E-state index contributed by atoms with van der Waals surface area (Å²) in [6.07, 6.45) is 0.559. The summed E-state index contributed by atoms with van der Waals surface area (Å²) in [7, 11) is 0. The van der Waals surface area contributed by atoms with Crippen molar-refractivity contribution in [1.29, 1.82) is 0 Å². The molecule has 2 aromatic heterocycles. The molecule has 0 bridgehead atoms. The summed E-state index contributed by atoms with van der Waals surface area (Å²) >= 11 is 0. The lowest BCUT2D eigenvalue weighted by molar-refractivity contribution is -0.185. The molecule has 0 amide bonds. The minimum Gasteiger partial charge on any atom is -0.347 e. The van der Waals surface area contributed by atoms with Gasteiger partial charge in [-0.25, -0.2) is 4.98 Å². The van der Waals surface area contributed by atoms with Crippen molar-refractivity contribution < 1.29 is 9.47 Å². The third kappa shape index (κ3) is 2.30. The average molecular weight is 281 g/mol. The highest BCUT2D eigenvalue weighted by molar-refractivity contribution is 5.91. The van der Waals surface area contributed by atoms with Crippen molar-refractivity contribution in [3.63, 3.8) is 0 Å². The predicted octanol–water partition coefficient (Wildman–Crippen LogP) is 3.06. The fraction of sp³-hybridized carbons (Fsp3) is 0.250. The monoisotopic (exact) mass is 281 g/mol. The average Bonchev–Trinajstić information content (AvgIpc) is 3.00. The second kappa shape index (κ2) is 5.27. The van der Waals surface area contributed by atoms with Gasteiger partial charge in [-0.2, -0.15) is 5.10 Å². The molecule has 1 saturated heterocycles. The standard InChI is InChI=1S/C16H15N3O2/c1-2-6-12-11(5-1)15(19-18-12)13-7-3-8-14(17-13)16-20-9-4-10-21-16/h1-3,5-8,16H,4,9-10H2,(H,18,19). The Kier molecular flexibility index (Phi) is 3.14. The lowest BCUT2D eigenvalue weighted by Crippen LogP contribution is -2.18. The third-order valence-electron chi connectivity index (χ3n) is 3.55. The number of hydrogen-bond acceptors (Lipinski definition) is 4. The van der Waals surface area contributed by atoms with Crippen molar-refractivity contribution in [2.75, 3.05) is 13.2 Å². The summed E-state index contributed by atoms with van der Waals surface area (Å²) in [4.78, 5) is 4.66. The number of hydrogen-bond donors (Lipinski definition) is 1. The Morgan fingerprint density at radius 3 is 2.76 bits per heavy atom. The van der Waals surface area contributed by atoms with E-state index in [2.05, 4.69) is 15.2 Å². The zero-order valence-corrected chi connectivity index (χ0v) is 11.5. The second-order valence-electron chi connectivity index (χ2n) is 4.99. The molecule has 1 fully saturated rings. The molecule has 1 aliphatic rings. The van der Waals surface area contributed by atoms with Gasteiger partial charge in [-0.05, 0) is 24.6 Å². The summed E-state index contributed by atoms with van der Waals surface area (Å²) < 4.78 is 11.2. The van der Waals surface area contributed by atoms with Gasteiger partial charge >= 0.3 is 0 Å². The molecule has 0 radical (unpaired) electrons. The summed E-state index contributed by atoms with van der Waals surface area (Å²) in [6, 6.07) is 13.9. The van der Waals surface area contributed by atoms with Gasteiger partial charge in [0.1, 0.15) is 5.69 Å². The van der Waals surface area contributed by atoms with Gasteiger partial charge in [-0.1, -0.05) is 24.3 Å². The molecule has 1 aliphatic heterocycles. The number of nitrogens with one attached hydrogen (secondary N) is 1. The number of pyridine rings is 1. The maximum absolute atomic E-state index is 5.61. The van der Waals surface area contributed by atoms with Crippen LogP contribution in [-0.2, 0) is 9.47 Å². The highest BCUT2D eigenvalue weighted by Gasteiger charge is 2.19. The summed E-state index contributed by atoms with van der Waals surface area (Å²) in [6.45, 7) is 1.42. The summed E-state index contributed by atoms with van der Waals surface area (Å²) in [5, 5.41) is 8.48. The normalized spacial score (nSPS) is 16.4. The van der Waals surface area contributed by atoms with Crippen LogP contribution in [-0.4, -0.2) is 28.4 Å². The lowest BCUT2D eigenvalue weighted by Gasteiger charge is -2.22. The zero-order chi connectivity index (χ0) is 14.1. The van der Waals surface area contributed by atoms with Gasteiger partial charge in [0.25, 0.3) is 0 Å². The molecule has 1 N–H and O–H groups in total. The quantitative estimate of drug-likeness (QED) is 0.784. The molecule has 5 nitrogen and oxygen atoms in total. The van der Waals surface area contributed by atoms with Gasteiger partial charge in [-0.3, -0.25) is 5.10 Å². The number of aromatic nitrogens is 3. The van der Waals surface area contributed by atoms with E-state index < -0.39 is 0 Å². The van der Waals surface area contributed by atoms with E-state index in [1.165, 1.54) is 0 Å². The Labute approximate surface area is 121 Å². The number of H-pyrrole nitrogens is 1. The molecule has 21 heavy (non-hydrogen) atoms. The number of para-hydroxylation sites is 1. The van der Waals surface area contributed by atoms with Crippen molar-refractivity contribution in [1.82, 2.24) is 15.2 Å². The van der Waals surface area contributed by atoms with E-state index in [-0.39, 0.29) is 6.29 Å². The SMILES string of the molecule is c1cc(-c2n[nH]c3ccccc23)nc(C2OCCCO2)c1. The van der Waals surface area contributed by atoms with Gasteiger partial charge in [0.15, 0.2) is 0 Å². The van der Waals surface area contributed by atoms with E-state index in [0.29, 0.717) is 13.2 Å². The molecule has 5 heteroatoms. The number of benzene rings is 1. The summed E-state index contributed by atoms with van der Waals surface area (Å²) in [5.41, 5.74) is 3.47. The first-order chi connectivity index (χ1) is 10.4. The van der Waals surface area contributed by atoms with Crippen molar-refractivity contribution in [2.45, 2.75) is 12.7 Å². The minimum atomic E-state index is -0.371. The number of nitrogens with zero attached hydrogens (tertiary/aromatic N) is 2. The van der Waals surface area contributed by atoms with E-state index in [4.69, 9.17) is 9.47 Å².